The van der Waals surface area contributed by atoms with E-state index in [9.17, 15) is 0 Å². The molecule has 2 aliphatic rings. The molecule has 1 saturated heterocycles. The molecular formula is C11H21NS. The van der Waals surface area contributed by atoms with Crippen molar-refractivity contribution in [1.29, 1.82) is 0 Å². The maximum absolute atomic E-state index is 3.52. The van der Waals surface area contributed by atoms with Gasteiger partial charge in [0.15, 0.2) is 0 Å². The van der Waals surface area contributed by atoms with Crippen LogP contribution in [0.2, 0.25) is 0 Å². The predicted molar refractivity (Wildman–Crippen MR) is 60.3 cm³/mol. The van der Waals surface area contributed by atoms with E-state index in [1.165, 1.54) is 44.3 Å². The van der Waals surface area contributed by atoms with Crippen molar-refractivity contribution < 1.29 is 0 Å². The Kier molecular flexibility index (Phi) is 3.56. The summed E-state index contributed by atoms with van der Waals surface area (Å²) >= 11 is 2.19. The topological polar surface area (TPSA) is 12.0 Å². The Balaban J connectivity index is 1.77. The highest BCUT2D eigenvalue weighted by Crippen LogP contribution is 2.36. The van der Waals surface area contributed by atoms with Crippen molar-refractivity contribution in [2.45, 2.75) is 49.8 Å². The molecule has 76 valence electrons. The molecule has 0 aromatic carbocycles. The highest BCUT2D eigenvalue weighted by molar-refractivity contribution is 8.00. The Morgan fingerprint density at radius 2 is 2.15 bits per heavy atom. The molecule has 2 rings (SSSR count). The minimum Gasteiger partial charge on any atom is -0.316 e. The Hall–Kier alpha value is 0.310. The number of rotatable bonds is 4. The molecule has 2 atom stereocenters. The van der Waals surface area contributed by atoms with Gasteiger partial charge >= 0.3 is 0 Å². The van der Waals surface area contributed by atoms with Crippen molar-refractivity contribution in [3.63, 3.8) is 0 Å². The molecule has 0 radical (unpaired) electrons. The highest BCUT2D eigenvalue weighted by atomic mass is 32.2. The van der Waals surface area contributed by atoms with E-state index >= 15 is 0 Å². The van der Waals surface area contributed by atoms with Crippen molar-refractivity contribution in [3.8, 4) is 0 Å². The van der Waals surface area contributed by atoms with Gasteiger partial charge in [0.2, 0.25) is 0 Å². The first kappa shape index (κ1) is 9.85. The van der Waals surface area contributed by atoms with Gasteiger partial charge in [0, 0.05) is 11.3 Å². The monoisotopic (exact) mass is 199 g/mol. The molecule has 1 heterocycles. The van der Waals surface area contributed by atoms with Crippen LogP contribution in [0.1, 0.15) is 38.5 Å². The fourth-order valence-corrected chi connectivity index (χ4v) is 3.91. The van der Waals surface area contributed by atoms with E-state index in [2.05, 4.69) is 24.1 Å². The quantitative estimate of drug-likeness (QED) is 0.747. The number of hydrogen-bond donors (Lipinski definition) is 1. The van der Waals surface area contributed by atoms with Gasteiger partial charge in [-0.25, -0.2) is 0 Å². The molecule has 0 spiro atoms. The van der Waals surface area contributed by atoms with Crippen molar-refractivity contribution >= 4 is 11.8 Å². The van der Waals surface area contributed by atoms with Crippen LogP contribution < -0.4 is 5.32 Å². The smallest absolute Gasteiger partial charge is 0.0201 e. The van der Waals surface area contributed by atoms with E-state index in [0.717, 1.165) is 17.2 Å². The Morgan fingerprint density at radius 1 is 1.31 bits per heavy atom. The minimum atomic E-state index is 0.804. The Morgan fingerprint density at radius 3 is 2.62 bits per heavy atom. The summed E-state index contributed by atoms with van der Waals surface area (Å²) < 4.78 is 0. The van der Waals surface area contributed by atoms with Crippen LogP contribution in [-0.2, 0) is 0 Å². The molecule has 1 N–H and O–H groups in total. The van der Waals surface area contributed by atoms with Crippen molar-refractivity contribution in [1.82, 2.24) is 5.32 Å². The van der Waals surface area contributed by atoms with Gasteiger partial charge in [-0.05, 0) is 38.0 Å². The lowest BCUT2D eigenvalue weighted by Gasteiger charge is -2.32. The predicted octanol–water partition coefficient (Wildman–Crippen LogP) is 2.66. The van der Waals surface area contributed by atoms with Crippen LogP contribution in [-0.4, -0.2) is 24.1 Å². The lowest BCUT2D eigenvalue weighted by molar-refractivity contribution is 0.261. The van der Waals surface area contributed by atoms with E-state index in [4.69, 9.17) is 0 Å². The van der Waals surface area contributed by atoms with Gasteiger partial charge in [-0.3, -0.25) is 0 Å². The van der Waals surface area contributed by atoms with Crippen LogP contribution in [0.5, 0.6) is 0 Å². The van der Waals surface area contributed by atoms with Crippen LogP contribution in [0.3, 0.4) is 0 Å². The fraction of sp³-hybridized carbons (Fsp3) is 1.00. The molecule has 13 heavy (non-hydrogen) atoms. The summed E-state index contributed by atoms with van der Waals surface area (Å²) in [6, 6.07) is 0.804. The second-order valence-corrected chi connectivity index (χ2v) is 5.83. The van der Waals surface area contributed by atoms with Crippen molar-refractivity contribution in [3.05, 3.63) is 0 Å². The molecule has 2 unspecified atom stereocenters. The van der Waals surface area contributed by atoms with Gasteiger partial charge in [-0.1, -0.05) is 19.3 Å². The zero-order chi connectivity index (χ0) is 9.10. The first-order valence-corrected chi connectivity index (χ1v) is 6.74. The van der Waals surface area contributed by atoms with E-state index in [-0.39, 0.29) is 0 Å². The van der Waals surface area contributed by atoms with E-state index in [1.807, 2.05) is 0 Å². The molecule has 0 amide bonds. The van der Waals surface area contributed by atoms with Gasteiger partial charge in [0.05, 0.1) is 0 Å². The van der Waals surface area contributed by atoms with Gasteiger partial charge in [0.25, 0.3) is 0 Å². The first-order valence-electron chi connectivity index (χ1n) is 5.69. The third-order valence-electron chi connectivity index (χ3n) is 3.60. The van der Waals surface area contributed by atoms with E-state index in [0.29, 0.717) is 0 Å². The Labute approximate surface area is 86.0 Å². The van der Waals surface area contributed by atoms with Gasteiger partial charge in [0.1, 0.15) is 0 Å². The molecule has 0 aromatic rings. The van der Waals surface area contributed by atoms with E-state index in [1.54, 1.807) is 0 Å². The number of hydrogen-bond acceptors (Lipinski definition) is 2. The second kappa shape index (κ2) is 4.70. The summed E-state index contributed by atoms with van der Waals surface area (Å²) in [4.78, 5) is 0. The number of nitrogens with one attached hydrogen (secondary N) is 1. The lowest BCUT2D eigenvalue weighted by atomic mass is 9.80. The molecule has 0 aromatic heterocycles. The maximum Gasteiger partial charge on any atom is 0.0201 e. The summed E-state index contributed by atoms with van der Waals surface area (Å²) in [7, 11) is 2.14. The van der Waals surface area contributed by atoms with Gasteiger partial charge in [-0.2, -0.15) is 11.8 Å². The minimum absolute atomic E-state index is 0.804. The molecule has 1 saturated carbocycles. The largest absolute Gasteiger partial charge is 0.316 e. The van der Waals surface area contributed by atoms with E-state index < -0.39 is 0 Å². The molecule has 1 aliphatic carbocycles. The zero-order valence-electron chi connectivity index (χ0n) is 8.59. The highest BCUT2D eigenvalue weighted by Gasteiger charge is 2.28. The summed E-state index contributed by atoms with van der Waals surface area (Å²) in [5.74, 6) is 2.45. The van der Waals surface area contributed by atoms with Crippen LogP contribution >= 0.6 is 11.8 Å². The van der Waals surface area contributed by atoms with Crippen LogP contribution in [0, 0.1) is 5.92 Å². The third kappa shape index (κ3) is 2.41. The van der Waals surface area contributed by atoms with Gasteiger partial charge < -0.3 is 5.32 Å². The molecule has 2 heteroatoms. The molecule has 1 aliphatic heterocycles. The lowest BCUT2D eigenvalue weighted by Crippen LogP contribution is -2.37. The average molecular weight is 199 g/mol. The second-order valence-electron chi connectivity index (χ2n) is 4.48. The first-order chi connectivity index (χ1) is 6.40. The summed E-state index contributed by atoms with van der Waals surface area (Å²) in [5, 5.41) is 4.44. The SMILES string of the molecule is CNC(CC1CCC1)C1CCCS1. The Bertz CT molecular complexity index is 150. The molecule has 2 fully saturated rings. The van der Waals surface area contributed by atoms with Crippen molar-refractivity contribution in [2.75, 3.05) is 12.8 Å². The average Bonchev–Trinajstić information content (AvgIpc) is 2.55. The zero-order valence-corrected chi connectivity index (χ0v) is 9.41. The fourth-order valence-electron chi connectivity index (χ4n) is 2.46. The number of thioether (sulfide) groups is 1. The van der Waals surface area contributed by atoms with Crippen LogP contribution in [0.4, 0.5) is 0 Å². The third-order valence-corrected chi connectivity index (χ3v) is 5.11. The van der Waals surface area contributed by atoms with Crippen molar-refractivity contribution in [2.24, 2.45) is 5.92 Å². The van der Waals surface area contributed by atoms with Gasteiger partial charge in [-0.15, -0.1) is 0 Å². The van der Waals surface area contributed by atoms with Crippen LogP contribution in [0.25, 0.3) is 0 Å². The summed E-state index contributed by atoms with van der Waals surface area (Å²) in [5.41, 5.74) is 0. The summed E-state index contributed by atoms with van der Waals surface area (Å²) in [6.07, 6.45) is 8.80. The molecule has 0 bridgehead atoms. The molecular weight excluding hydrogens is 178 g/mol. The summed E-state index contributed by atoms with van der Waals surface area (Å²) in [6.45, 7) is 0. The normalized spacial score (nSPS) is 31.6. The van der Waals surface area contributed by atoms with Crippen LogP contribution in [0.15, 0.2) is 0 Å². The standard InChI is InChI=1S/C11H21NS/c1-12-10(8-9-4-2-5-9)11-6-3-7-13-11/h9-12H,2-8H2,1H3. The molecule has 1 nitrogen and oxygen atoms in total. The maximum atomic E-state index is 3.52.